The van der Waals surface area contributed by atoms with E-state index < -0.39 is 0 Å². The number of nitrogens with one attached hydrogen (secondary N) is 2. The van der Waals surface area contributed by atoms with Crippen LogP contribution in [0.1, 0.15) is 37.6 Å². The summed E-state index contributed by atoms with van der Waals surface area (Å²) in [6.45, 7) is 8.60. The Morgan fingerprint density at radius 2 is 2.17 bits per heavy atom. The van der Waals surface area contributed by atoms with Crippen molar-refractivity contribution in [1.29, 1.82) is 0 Å². The predicted molar refractivity (Wildman–Crippen MR) is 95.3 cm³/mol. The first-order valence-electron chi connectivity index (χ1n) is 8.60. The maximum atomic E-state index is 12.8. The van der Waals surface area contributed by atoms with Crippen LogP contribution in [0.4, 0.5) is 0 Å². The molecule has 0 unspecified atom stereocenters. The minimum atomic E-state index is -0.120. The van der Waals surface area contributed by atoms with Gasteiger partial charge in [0.25, 0.3) is 11.5 Å². The Kier molecular flexibility index (Phi) is 4.49. The molecule has 6 nitrogen and oxygen atoms in total. The highest BCUT2D eigenvalue weighted by Crippen LogP contribution is 2.20. The third kappa shape index (κ3) is 2.98. The Morgan fingerprint density at radius 3 is 2.83 bits per heavy atom. The molecule has 0 radical (unpaired) electrons. The molecule has 1 fully saturated rings. The number of fused-ring (bicyclic) bond motifs is 1. The number of carbonyl (C=O) groups is 1. The molecule has 6 heteroatoms. The molecule has 1 amide bonds. The van der Waals surface area contributed by atoms with Crippen molar-refractivity contribution in [3.05, 3.63) is 34.4 Å². The van der Waals surface area contributed by atoms with Crippen molar-refractivity contribution < 1.29 is 4.79 Å². The van der Waals surface area contributed by atoms with Crippen LogP contribution in [0.2, 0.25) is 0 Å². The van der Waals surface area contributed by atoms with E-state index in [4.69, 9.17) is 0 Å². The summed E-state index contributed by atoms with van der Waals surface area (Å²) in [7, 11) is 1.67. The second-order valence-electron chi connectivity index (χ2n) is 7.16. The summed E-state index contributed by atoms with van der Waals surface area (Å²) in [5.41, 5.74) is 0.907. The Balaban J connectivity index is 1.80. The Labute approximate surface area is 141 Å². The van der Waals surface area contributed by atoms with E-state index in [-0.39, 0.29) is 17.5 Å². The fourth-order valence-corrected chi connectivity index (χ4v) is 3.56. The SMILES string of the molecule is CC(C)N1CC[C@H](NC(=O)c2cn(C)c(=O)c3[nH]ccc23)[C@H](C)C1. The molecule has 0 aromatic carbocycles. The number of hydrogen-bond acceptors (Lipinski definition) is 3. The van der Waals surface area contributed by atoms with Crippen molar-refractivity contribution in [1.82, 2.24) is 19.8 Å². The van der Waals surface area contributed by atoms with Gasteiger partial charge in [-0.05, 0) is 32.3 Å². The first kappa shape index (κ1) is 16.8. The number of piperidine rings is 1. The quantitative estimate of drug-likeness (QED) is 0.900. The van der Waals surface area contributed by atoms with Crippen LogP contribution in [0, 0.1) is 5.92 Å². The molecule has 24 heavy (non-hydrogen) atoms. The highest BCUT2D eigenvalue weighted by Gasteiger charge is 2.29. The first-order chi connectivity index (χ1) is 11.4. The molecule has 1 aliphatic rings. The highest BCUT2D eigenvalue weighted by molar-refractivity contribution is 6.06. The zero-order valence-electron chi connectivity index (χ0n) is 14.8. The number of H-pyrrole nitrogens is 1. The van der Waals surface area contributed by atoms with E-state index in [9.17, 15) is 9.59 Å². The minimum absolute atomic E-state index is 0.106. The second-order valence-corrected chi connectivity index (χ2v) is 7.16. The number of carbonyl (C=O) groups excluding carboxylic acids is 1. The van der Waals surface area contributed by atoms with Crippen molar-refractivity contribution in [2.75, 3.05) is 13.1 Å². The Hall–Kier alpha value is -2.08. The van der Waals surface area contributed by atoms with Crippen LogP contribution < -0.4 is 10.9 Å². The molecule has 0 spiro atoms. The maximum absolute atomic E-state index is 12.8. The summed E-state index contributed by atoms with van der Waals surface area (Å²) in [6, 6.07) is 2.49. The van der Waals surface area contributed by atoms with Crippen molar-refractivity contribution in [2.24, 2.45) is 13.0 Å². The van der Waals surface area contributed by atoms with Gasteiger partial charge in [0.2, 0.25) is 0 Å². The number of pyridine rings is 1. The van der Waals surface area contributed by atoms with Crippen LogP contribution in [0.3, 0.4) is 0 Å². The van der Waals surface area contributed by atoms with Gasteiger partial charge < -0.3 is 19.8 Å². The standard InChI is InChI=1S/C18H26N4O2/c1-11(2)22-8-6-15(12(3)9-22)20-17(23)14-10-21(4)18(24)16-13(14)5-7-19-16/h5,7,10-12,15,19H,6,8-9H2,1-4H3,(H,20,23)/t12-,15+/m1/s1. The maximum Gasteiger partial charge on any atom is 0.274 e. The van der Waals surface area contributed by atoms with Crippen molar-refractivity contribution >= 4 is 16.8 Å². The summed E-state index contributed by atoms with van der Waals surface area (Å²) in [4.78, 5) is 30.3. The van der Waals surface area contributed by atoms with Gasteiger partial charge in [-0.1, -0.05) is 6.92 Å². The highest BCUT2D eigenvalue weighted by atomic mass is 16.2. The lowest BCUT2D eigenvalue weighted by atomic mass is 9.92. The zero-order chi connectivity index (χ0) is 17.4. The molecular weight excluding hydrogens is 304 g/mol. The van der Waals surface area contributed by atoms with E-state index in [1.54, 1.807) is 25.5 Å². The molecule has 2 aromatic rings. The number of aromatic amines is 1. The molecule has 130 valence electrons. The minimum Gasteiger partial charge on any atom is -0.357 e. The molecule has 2 N–H and O–H groups in total. The number of nitrogens with zero attached hydrogens (tertiary/aromatic N) is 2. The molecule has 0 bridgehead atoms. The number of hydrogen-bond donors (Lipinski definition) is 2. The summed E-state index contributed by atoms with van der Waals surface area (Å²) < 4.78 is 1.46. The molecule has 1 saturated heterocycles. The van der Waals surface area contributed by atoms with E-state index in [1.165, 1.54) is 4.57 Å². The van der Waals surface area contributed by atoms with Gasteiger partial charge in [0.15, 0.2) is 0 Å². The van der Waals surface area contributed by atoms with Crippen LogP contribution in [0.15, 0.2) is 23.3 Å². The van der Waals surface area contributed by atoms with Crippen LogP contribution in [0.25, 0.3) is 10.9 Å². The number of amides is 1. The summed E-state index contributed by atoms with van der Waals surface area (Å²) in [5.74, 6) is 0.296. The van der Waals surface area contributed by atoms with Crippen LogP contribution >= 0.6 is 0 Å². The number of aromatic nitrogens is 2. The van der Waals surface area contributed by atoms with E-state index in [0.717, 1.165) is 19.5 Å². The van der Waals surface area contributed by atoms with Crippen molar-refractivity contribution in [3.8, 4) is 0 Å². The van der Waals surface area contributed by atoms with Gasteiger partial charge in [0, 0.05) is 50.0 Å². The third-order valence-corrected chi connectivity index (χ3v) is 5.12. The van der Waals surface area contributed by atoms with Gasteiger partial charge in [-0.15, -0.1) is 0 Å². The molecule has 2 aromatic heterocycles. The topological polar surface area (TPSA) is 70.1 Å². The van der Waals surface area contributed by atoms with Gasteiger partial charge in [-0.3, -0.25) is 9.59 Å². The Morgan fingerprint density at radius 1 is 1.42 bits per heavy atom. The molecule has 2 atom stereocenters. The fourth-order valence-electron chi connectivity index (χ4n) is 3.56. The summed E-state index contributed by atoms with van der Waals surface area (Å²) >= 11 is 0. The predicted octanol–water partition coefficient (Wildman–Crippen LogP) is 1.72. The Bertz CT molecular complexity index is 805. The lowest BCUT2D eigenvalue weighted by Gasteiger charge is -2.39. The van der Waals surface area contributed by atoms with E-state index in [2.05, 4.69) is 36.0 Å². The molecule has 1 aliphatic heterocycles. The van der Waals surface area contributed by atoms with Gasteiger partial charge in [-0.25, -0.2) is 0 Å². The summed E-state index contributed by atoms with van der Waals surface area (Å²) in [5, 5.41) is 3.86. The van der Waals surface area contributed by atoms with Gasteiger partial charge >= 0.3 is 0 Å². The zero-order valence-corrected chi connectivity index (χ0v) is 14.8. The monoisotopic (exact) mass is 330 g/mol. The van der Waals surface area contributed by atoms with E-state index in [1.807, 2.05) is 0 Å². The lowest BCUT2D eigenvalue weighted by molar-refractivity contribution is 0.0833. The second kappa shape index (κ2) is 6.43. The van der Waals surface area contributed by atoms with Crippen LogP contribution in [-0.2, 0) is 7.05 Å². The van der Waals surface area contributed by atoms with Crippen molar-refractivity contribution in [2.45, 2.75) is 39.3 Å². The van der Waals surface area contributed by atoms with Gasteiger partial charge in [0.1, 0.15) is 5.52 Å². The molecule has 0 aliphatic carbocycles. The first-order valence-corrected chi connectivity index (χ1v) is 8.60. The number of rotatable bonds is 3. The number of likely N-dealkylation sites (tertiary alicyclic amines) is 1. The lowest BCUT2D eigenvalue weighted by Crippen LogP contribution is -2.51. The smallest absolute Gasteiger partial charge is 0.274 e. The molecule has 0 saturated carbocycles. The van der Waals surface area contributed by atoms with E-state index >= 15 is 0 Å². The number of aryl methyl sites for hydroxylation is 1. The summed E-state index contributed by atoms with van der Waals surface area (Å²) in [6.07, 6.45) is 4.28. The molecule has 3 heterocycles. The van der Waals surface area contributed by atoms with Crippen LogP contribution in [0.5, 0.6) is 0 Å². The third-order valence-electron chi connectivity index (χ3n) is 5.12. The van der Waals surface area contributed by atoms with Gasteiger partial charge in [-0.2, -0.15) is 0 Å². The molecule has 3 rings (SSSR count). The van der Waals surface area contributed by atoms with Crippen molar-refractivity contribution in [3.63, 3.8) is 0 Å². The largest absolute Gasteiger partial charge is 0.357 e. The normalized spacial score (nSPS) is 22.2. The van der Waals surface area contributed by atoms with E-state index in [0.29, 0.717) is 28.4 Å². The van der Waals surface area contributed by atoms with Crippen LogP contribution in [-0.4, -0.2) is 45.5 Å². The van der Waals surface area contributed by atoms with Gasteiger partial charge in [0.05, 0.1) is 5.56 Å². The molecular formula is C18H26N4O2. The average Bonchev–Trinajstić information content (AvgIpc) is 3.02. The average molecular weight is 330 g/mol. The fraction of sp³-hybridized carbons (Fsp3) is 0.556.